The van der Waals surface area contributed by atoms with Crippen molar-refractivity contribution in [2.45, 2.75) is 13.8 Å². The van der Waals surface area contributed by atoms with Crippen LogP contribution < -0.4 is 5.48 Å². The van der Waals surface area contributed by atoms with Gasteiger partial charge in [0.25, 0.3) is 0 Å². The van der Waals surface area contributed by atoms with Crippen molar-refractivity contribution in [3.63, 3.8) is 0 Å². The van der Waals surface area contributed by atoms with Crippen molar-refractivity contribution in [2.24, 2.45) is 5.92 Å². The van der Waals surface area contributed by atoms with Crippen LogP contribution in [0.1, 0.15) is 13.8 Å². The molecule has 0 radical (unpaired) electrons. The summed E-state index contributed by atoms with van der Waals surface area (Å²) in [6.45, 7) is 3.57. The van der Waals surface area contributed by atoms with Crippen LogP contribution in [0.25, 0.3) is 0 Å². The van der Waals surface area contributed by atoms with Gasteiger partial charge in [-0.15, -0.1) is 0 Å². The zero-order chi connectivity index (χ0) is 9.68. The van der Waals surface area contributed by atoms with Gasteiger partial charge in [0.05, 0.1) is 11.6 Å². The fourth-order valence-corrected chi connectivity index (χ4v) is 0.733. The van der Waals surface area contributed by atoms with Crippen LogP contribution in [-0.2, 0) is 9.63 Å². The van der Waals surface area contributed by atoms with E-state index in [1.165, 1.54) is 0 Å². The van der Waals surface area contributed by atoms with E-state index in [-0.39, 0.29) is 11.9 Å². The highest BCUT2D eigenvalue weighted by molar-refractivity contribution is 5.72. The van der Waals surface area contributed by atoms with Crippen LogP contribution >= 0.6 is 0 Å². The number of anilines is 1. The first kappa shape index (κ1) is 9.58. The Bertz CT molecular complexity index is 270. The molecule has 0 unspecified atom stereocenters. The van der Waals surface area contributed by atoms with E-state index in [0.29, 0.717) is 0 Å². The van der Waals surface area contributed by atoms with Gasteiger partial charge in [-0.1, -0.05) is 32.0 Å². The fourth-order valence-electron chi connectivity index (χ4n) is 0.733. The maximum atomic E-state index is 11.0. The SMILES string of the molecule is CC(C)C(=O)ONc1ccccc1. The first-order chi connectivity index (χ1) is 6.20. The molecule has 1 rings (SSSR count). The van der Waals surface area contributed by atoms with Crippen molar-refractivity contribution in [3.05, 3.63) is 30.3 Å². The molecule has 1 N–H and O–H groups in total. The number of nitrogens with one attached hydrogen (secondary N) is 1. The number of hydrogen-bond donors (Lipinski definition) is 1. The molecule has 70 valence electrons. The summed E-state index contributed by atoms with van der Waals surface area (Å²) in [5.41, 5.74) is 3.35. The third-order valence-corrected chi connectivity index (χ3v) is 1.51. The van der Waals surface area contributed by atoms with Crippen molar-refractivity contribution in [1.29, 1.82) is 0 Å². The molecule has 0 aliphatic rings. The fraction of sp³-hybridized carbons (Fsp3) is 0.300. The molecule has 1 aromatic rings. The number of benzene rings is 1. The number of rotatable bonds is 3. The lowest BCUT2D eigenvalue weighted by Crippen LogP contribution is -2.15. The molecule has 0 aliphatic carbocycles. The van der Waals surface area contributed by atoms with Gasteiger partial charge in [-0.2, -0.15) is 0 Å². The summed E-state index contributed by atoms with van der Waals surface area (Å²) >= 11 is 0. The van der Waals surface area contributed by atoms with Gasteiger partial charge in [0.15, 0.2) is 0 Å². The predicted octanol–water partition coefficient (Wildman–Crippen LogP) is 2.21. The molecule has 0 amide bonds. The number of para-hydroxylation sites is 1. The highest BCUT2D eigenvalue weighted by Crippen LogP contribution is 2.05. The maximum Gasteiger partial charge on any atom is 0.334 e. The molecule has 1 aromatic carbocycles. The van der Waals surface area contributed by atoms with Gasteiger partial charge >= 0.3 is 5.97 Å². The molecule has 3 nitrogen and oxygen atoms in total. The van der Waals surface area contributed by atoms with E-state index in [1.54, 1.807) is 13.8 Å². The molecule has 0 fully saturated rings. The Labute approximate surface area is 77.7 Å². The summed E-state index contributed by atoms with van der Waals surface area (Å²) in [6, 6.07) is 9.29. The Morgan fingerprint density at radius 1 is 1.31 bits per heavy atom. The number of carbonyl (C=O) groups is 1. The Morgan fingerprint density at radius 3 is 2.46 bits per heavy atom. The van der Waals surface area contributed by atoms with Gasteiger partial charge in [-0.3, -0.25) is 0 Å². The smallest absolute Gasteiger partial charge is 0.334 e. The van der Waals surface area contributed by atoms with E-state index in [1.807, 2.05) is 30.3 Å². The lowest BCUT2D eigenvalue weighted by atomic mass is 10.2. The zero-order valence-corrected chi connectivity index (χ0v) is 7.78. The topological polar surface area (TPSA) is 38.3 Å². The van der Waals surface area contributed by atoms with Crippen LogP contribution in [0, 0.1) is 5.92 Å². The van der Waals surface area contributed by atoms with Gasteiger partial charge in [0, 0.05) is 0 Å². The largest absolute Gasteiger partial charge is 0.343 e. The zero-order valence-electron chi connectivity index (χ0n) is 7.78. The lowest BCUT2D eigenvalue weighted by molar-refractivity contribution is -0.144. The Kier molecular flexibility index (Phi) is 3.31. The Morgan fingerprint density at radius 2 is 1.92 bits per heavy atom. The van der Waals surface area contributed by atoms with Crippen LogP contribution in [-0.4, -0.2) is 5.97 Å². The first-order valence-corrected chi connectivity index (χ1v) is 4.22. The molecule has 0 atom stereocenters. The monoisotopic (exact) mass is 179 g/mol. The molecule has 13 heavy (non-hydrogen) atoms. The van der Waals surface area contributed by atoms with E-state index in [4.69, 9.17) is 4.84 Å². The molecule has 0 spiro atoms. The second-order valence-corrected chi connectivity index (χ2v) is 3.04. The summed E-state index contributed by atoms with van der Waals surface area (Å²) in [5.74, 6) is -0.375. The van der Waals surface area contributed by atoms with Gasteiger partial charge in [-0.05, 0) is 12.1 Å². The average molecular weight is 179 g/mol. The third kappa shape index (κ3) is 3.15. The molecule has 0 saturated heterocycles. The molecular weight excluding hydrogens is 166 g/mol. The molecule has 0 saturated carbocycles. The van der Waals surface area contributed by atoms with E-state index in [9.17, 15) is 4.79 Å². The van der Waals surface area contributed by atoms with Crippen LogP contribution in [0.15, 0.2) is 30.3 Å². The summed E-state index contributed by atoms with van der Waals surface area (Å²) in [5, 5.41) is 0. The molecule has 0 aliphatic heterocycles. The van der Waals surface area contributed by atoms with Crippen molar-refractivity contribution in [3.8, 4) is 0 Å². The van der Waals surface area contributed by atoms with Gasteiger partial charge in [0.1, 0.15) is 0 Å². The average Bonchev–Trinajstić information content (AvgIpc) is 2.15. The Balaban J connectivity index is 2.40. The minimum absolute atomic E-state index is 0.115. The van der Waals surface area contributed by atoms with Gasteiger partial charge < -0.3 is 4.84 Å². The van der Waals surface area contributed by atoms with Crippen molar-refractivity contribution in [2.75, 3.05) is 5.48 Å². The van der Waals surface area contributed by atoms with Gasteiger partial charge in [0.2, 0.25) is 0 Å². The highest BCUT2D eigenvalue weighted by Gasteiger charge is 2.07. The summed E-state index contributed by atoms with van der Waals surface area (Å²) < 4.78 is 0. The van der Waals surface area contributed by atoms with Crippen LogP contribution in [0.4, 0.5) is 5.69 Å². The lowest BCUT2D eigenvalue weighted by Gasteiger charge is -2.07. The minimum Gasteiger partial charge on any atom is -0.343 e. The Hall–Kier alpha value is -1.51. The first-order valence-electron chi connectivity index (χ1n) is 4.22. The van der Waals surface area contributed by atoms with Crippen molar-refractivity contribution >= 4 is 11.7 Å². The van der Waals surface area contributed by atoms with Crippen molar-refractivity contribution in [1.82, 2.24) is 0 Å². The predicted molar refractivity (Wildman–Crippen MR) is 51.0 cm³/mol. The normalized spacial score (nSPS) is 9.77. The second-order valence-electron chi connectivity index (χ2n) is 3.04. The van der Waals surface area contributed by atoms with Gasteiger partial charge in [-0.25, -0.2) is 10.3 Å². The summed E-state index contributed by atoms with van der Waals surface area (Å²) in [6.07, 6.45) is 0. The molecule has 3 heteroatoms. The highest BCUT2D eigenvalue weighted by atomic mass is 16.7. The van der Waals surface area contributed by atoms with E-state index in [0.717, 1.165) is 5.69 Å². The standard InChI is InChI=1S/C10H13NO2/c1-8(2)10(12)13-11-9-6-4-3-5-7-9/h3-8,11H,1-2H3. The van der Waals surface area contributed by atoms with Crippen LogP contribution in [0.2, 0.25) is 0 Å². The molecule has 0 heterocycles. The minimum atomic E-state index is -0.260. The quantitative estimate of drug-likeness (QED) is 0.723. The third-order valence-electron chi connectivity index (χ3n) is 1.51. The van der Waals surface area contributed by atoms with Crippen LogP contribution in [0.3, 0.4) is 0 Å². The second kappa shape index (κ2) is 4.50. The maximum absolute atomic E-state index is 11.0. The summed E-state index contributed by atoms with van der Waals surface area (Å²) in [4.78, 5) is 15.8. The van der Waals surface area contributed by atoms with Crippen LogP contribution in [0.5, 0.6) is 0 Å². The molecule has 0 aromatic heterocycles. The molecular formula is C10H13NO2. The van der Waals surface area contributed by atoms with E-state index in [2.05, 4.69) is 5.48 Å². The summed E-state index contributed by atoms with van der Waals surface area (Å²) in [7, 11) is 0. The van der Waals surface area contributed by atoms with E-state index < -0.39 is 0 Å². The molecule has 0 bridgehead atoms. The number of hydrogen-bond acceptors (Lipinski definition) is 3. The van der Waals surface area contributed by atoms with Crippen molar-refractivity contribution < 1.29 is 9.63 Å². The van der Waals surface area contributed by atoms with E-state index >= 15 is 0 Å². The number of carbonyl (C=O) groups excluding carboxylic acids is 1.